The molecule has 9 heterocycles. The van der Waals surface area contributed by atoms with Crippen molar-refractivity contribution in [2.24, 2.45) is 5.73 Å². The number of pyridine rings is 6. The van der Waals surface area contributed by atoms with Gasteiger partial charge in [-0.3, -0.25) is 34.1 Å². The van der Waals surface area contributed by atoms with Gasteiger partial charge in [0.05, 0.1) is 68.0 Å². The summed E-state index contributed by atoms with van der Waals surface area (Å²) in [5.41, 5.74) is 16.1. The molecular weight excluding hydrogens is 1220 g/mol. The van der Waals surface area contributed by atoms with Crippen molar-refractivity contribution in [1.82, 2.24) is 74.9 Å². The molecule has 95 heavy (non-hydrogen) atoms. The molecule has 0 aliphatic rings. The van der Waals surface area contributed by atoms with Gasteiger partial charge in [-0.1, -0.05) is 27.7 Å². The fourth-order valence-electron chi connectivity index (χ4n) is 9.73. The predicted octanol–water partition coefficient (Wildman–Crippen LogP) is 5.22. The Bertz CT molecular complexity index is 4640. The molecule has 12 aromatic rings. The van der Waals surface area contributed by atoms with Gasteiger partial charge in [-0.05, 0) is 169 Å². The van der Waals surface area contributed by atoms with Gasteiger partial charge < -0.3 is 71.2 Å². The molecule has 1 amide bonds. The van der Waals surface area contributed by atoms with Crippen LogP contribution >= 0.6 is 0 Å². The molecule has 27 heteroatoms. The normalized spacial score (nSPS) is 10.5. The van der Waals surface area contributed by atoms with E-state index in [9.17, 15) is 28.8 Å². The van der Waals surface area contributed by atoms with Crippen LogP contribution < -0.4 is 57.3 Å². The Morgan fingerprint density at radius 3 is 1.17 bits per heavy atom. The molecule has 0 saturated carbocycles. The van der Waals surface area contributed by atoms with E-state index in [1.165, 1.54) is 19.2 Å². The monoisotopic (exact) mass is 1300 g/mol. The number of hydrogen-bond acceptors (Lipinski definition) is 18. The van der Waals surface area contributed by atoms with Crippen molar-refractivity contribution in [3.05, 3.63) is 213 Å². The van der Waals surface area contributed by atoms with E-state index in [0.717, 1.165) is 86.3 Å². The molecule has 3 aromatic carbocycles. The van der Waals surface area contributed by atoms with E-state index in [1.807, 2.05) is 36.4 Å². The maximum absolute atomic E-state index is 12.6. The minimum Gasteiger partial charge on any atom is -0.870 e. The number of aliphatic hydroxyl groups is 1. The Hall–Kier alpha value is -10.4. The maximum Gasteiger partial charge on any atom is 1.00 e. The molecule has 0 fully saturated rings. The number of methoxy groups -OCH3 is 1. The second-order valence-electron chi connectivity index (χ2n) is 20.4. The SMILES string of the molecule is CCN(CC)CCN.CCN(CC)CCNC(=O)c1ccc2nc(-c3cc(-c4ccncc4)c[nH]c3=O)[nH]c2c1.CO.COC(=O)c1ccc2nc(-c3cc(-c4ccncc4)c[nH]c3=O)[nH]c2c1.O=C(O)c1ccc2nc(-c3cc(-c4ccncc4)c[nH]c3=O)[nH]c2c1.[Na+].[OH-]. The molecule has 486 valence electrons. The van der Waals surface area contributed by atoms with Crippen LogP contribution in [0.2, 0.25) is 0 Å². The Morgan fingerprint density at radius 1 is 0.495 bits per heavy atom. The molecule has 12 N–H and O–H groups in total. The van der Waals surface area contributed by atoms with Crippen LogP contribution in [0.25, 0.3) is 101 Å². The summed E-state index contributed by atoms with van der Waals surface area (Å²) >= 11 is 0. The van der Waals surface area contributed by atoms with Crippen molar-refractivity contribution < 1.29 is 64.4 Å². The number of benzene rings is 3. The number of aromatic amines is 6. The van der Waals surface area contributed by atoms with Gasteiger partial charge >= 0.3 is 41.5 Å². The van der Waals surface area contributed by atoms with E-state index in [0.29, 0.717) is 84.9 Å². The number of H-pyrrole nitrogens is 6. The van der Waals surface area contributed by atoms with E-state index in [1.54, 1.807) is 116 Å². The predicted molar refractivity (Wildman–Crippen MR) is 361 cm³/mol. The second kappa shape index (κ2) is 36.1. The number of carboxylic acid groups (broad SMARTS) is 1. The number of likely N-dealkylation sites (N-methyl/N-ethyl adjacent to an activating group) is 2. The van der Waals surface area contributed by atoms with E-state index in [4.69, 9.17) is 20.7 Å². The molecule has 0 radical (unpaired) electrons. The molecule has 26 nitrogen and oxygen atoms in total. The number of fused-ring (bicyclic) bond motifs is 3. The summed E-state index contributed by atoms with van der Waals surface area (Å²) in [6.45, 7) is 15.9. The average molecular weight is 1300 g/mol. The molecule has 0 aliphatic carbocycles. The van der Waals surface area contributed by atoms with Gasteiger partial charge in [0.2, 0.25) is 0 Å². The van der Waals surface area contributed by atoms with Crippen molar-refractivity contribution in [3.63, 3.8) is 0 Å². The van der Waals surface area contributed by atoms with Crippen molar-refractivity contribution in [1.29, 1.82) is 0 Å². The maximum atomic E-state index is 12.6. The van der Waals surface area contributed by atoms with E-state index in [-0.39, 0.29) is 63.2 Å². The van der Waals surface area contributed by atoms with Crippen LogP contribution in [0.15, 0.2) is 179 Å². The summed E-state index contributed by atoms with van der Waals surface area (Å²) in [5, 5.41) is 19.0. The van der Waals surface area contributed by atoms with Gasteiger partial charge in [0.25, 0.3) is 22.6 Å². The number of aromatic nitrogens is 12. The summed E-state index contributed by atoms with van der Waals surface area (Å²) in [4.78, 5) is 120. The van der Waals surface area contributed by atoms with Crippen LogP contribution in [-0.4, -0.2) is 170 Å². The minimum atomic E-state index is -1.02. The first-order chi connectivity index (χ1) is 45.2. The summed E-state index contributed by atoms with van der Waals surface area (Å²) in [7, 11) is 2.33. The third-order valence-corrected chi connectivity index (χ3v) is 14.8. The zero-order chi connectivity index (χ0) is 66.4. The molecule has 0 bridgehead atoms. The molecule has 0 unspecified atom stereocenters. The molecule has 0 saturated heterocycles. The van der Waals surface area contributed by atoms with Crippen LogP contribution in [0.4, 0.5) is 0 Å². The van der Waals surface area contributed by atoms with Crippen LogP contribution in [-0.2, 0) is 4.74 Å². The number of nitrogens with one attached hydrogen (secondary N) is 7. The summed E-state index contributed by atoms with van der Waals surface area (Å²) in [6.07, 6.45) is 15.1. The van der Waals surface area contributed by atoms with Crippen LogP contribution in [0, 0.1) is 0 Å². The van der Waals surface area contributed by atoms with Crippen molar-refractivity contribution in [2.45, 2.75) is 27.7 Å². The Kier molecular flexibility index (Phi) is 28.0. The largest absolute Gasteiger partial charge is 1.00 e. The number of nitrogens with zero attached hydrogens (tertiary/aromatic N) is 8. The summed E-state index contributed by atoms with van der Waals surface area (Å²) in [6, 6.07) is 31.3. The summed E-state index contributed by atoms with van der Waals surface area (Å²) < 4.78 is 4.73. The second-order valence-corrected chi connectivity index (χ2v) is 20.4. The number of ether oxygens (including phenoxy) is 1. The topological polar surface area (TPSA) is 399 Å². The number of nitrogens with two attached hydrogens (primary N) is 1. The van der Waals surface area contributed by atoms with Gasteiger partial charge in [0.15, 0.2) is 0 Å². The molecular formula is C68H73N16NaO10. The van der Waals surface area contributed by atoms with Gasteiger partial charge in [-0.15, -0.1) is 0 Å². The Balaban J connectivity index is 0.000000210. The first-order valence-corrected chi connectivity index (χ1v) is 29.8. The number of aromatic carboxylic acids is 1. The molecule has 0 spiro atoms. The first kappa shape index (κ1) is 73.6. The summed E-state index contributed by atoms with van der Waals surface area (Å²) in [5.74, 6) is -0.311. The number of rotatable bonds is 18. The van der Waals surface area contributed by atoms with Crippen molar-refractivity contribution >= 4 is 50.9 Å². The fourth-order valence-corrected chi connectivity index (χ4v) is 9.73. The van der Waals surface area contributed by atoms with Crippen molar-refractivity contribution in [3.8, 4) is 67.5 Å². The number of hydrogen-bond donors (Lipinski definition) is 10. The number of carboxylic acids is 1. The zero-order valence-electron chi connectivity index (χ0n) is 53.6. The Labute approximate surface area is 567 Å². The molecule has 9 aromatic heterocycles. The number of amides is 1. The standard InChI is InChI=1S/C24H26N6O2.C19H14N4O3.C18H12N4O3.C6H16N2.CH4O.Na.H2O/c1-3-30(4-2)12-11-26-23(31)17-5-6-20-21(14-17)29-22(28-20)19-13-18(15-27-24(19)32)16-7-9-25-10-8-16;1-26-19(25)12-2-3-15-16(9-12)23-17(22-15)14-8-13(10-21-18(14)24)11-4-6-20-7-5-11;23-17-13(7-12(9-20-17)10-3-5-19-6-4-10)16-21-14-2-1-11(18(24)25)8-15(14)22-16;1-3-8(4-2)6-5-7;1-2;;/h5-10,13-15H,3-4,11-12H2,1-2H3,(H,26,31)(H,27,32)(H,28,29);2-10H,1H3,(H,21,24)(H,22,23);1-9H,(H,20,23)(H,21,22)(H,24,25);3-7H2,1-2H3;2H,1H3;;1H2/q;;;;;+1;/p-1. The zero-order valence-corrected chi connectivity index (χ0v) is 55.6. The number of aliphatic hydroxyl groups excluding tert-OH is 1. The van der Waals surface area contributed by atoms with E-state index in [2.05, 4.69) is 103 Å². The number of imidazole rings is 3. The van der Waals surface area contributed by atoms with Crippen molar-refractivity contribution in [2.75, 3.05) is 66.6 Å². The Morgan fingerprint density at radius 2 is 0.832 bits per heavy atom. The van der Waals surface area contributed by atoms with Gasteiger partial charge in [-0.25, -0.2) is 24.5 Å². The van der Waals surface area contributed by atoms with E-state index >= 15 is 0 Å². The number of esters is 1. The van der Waals surface area contributed by atoms with E-state index < -0.39 is 11.9 Å². The average Bonchev–Trinajstić information content (AvgIpc) is 1.69. The van der Waals surface area contributed by atoms with Crippen LogP contribution in [0.5, 0.6) is 0 Å². The quantitative estimate of drug-likeness (QED) is 0.0389. The van der Waals surface area contributed by atoms with Crippen LogP contribution in [0.1, 0.15) is 58.8 Å². The molecule has 0 atom stereocenters. The van der Waals surface area contributed by atoms with Gasteiger partial charge in [0.1, 0.15) is 17.5 Å². The van der Waals surface area contributed by atoms with Gasteiger partial charge in [-0.2, -0.15) is 0 Å². The van der Waals surface area contributed by atoms with Gasteiger partial charge in [0, 0.05) is 94.6 Å². The minimum absolute atomic E-state index is 0. The number of carbonyl (C=O) groups excluding carboxylic acids is 2. The fraction of sp³-hybridized carbons (Fsp3) is 0.206. The number of carbonyl (C=O) groups is 3. The smallest absolute Gasteiger partial charge is 0.870 e. The first-order valence-electron chi connectivity index (χ1n) is 29.8. The van der Waals surface area contributed by atoms with Crippen LogP contribution in [0.3, 0.4) is 0 Å². The third kappa shape index (κ3) is 19.1. The molecule has 12 rings (SSSR count). The third-order valence-electron chi connectivity index (χ3n) is 14.8. The molecule has 0 aliphatic heterocycles.